The highest BCUT2D eigenvalue weighted by Gasteiger charge is 2.25. The highest BCUT2D eigenvalue weighted by Crippen LogP contribution is 2.15. The Bertz CT molecular complexity index is 412. The van der Waals surface area contributed by atoms with Crippen LogP contribution in [-0.2, 0) is 14.3 Å². The van der Waals surface area contributed by atoms with Crippen LogP contribution in [-0.4, -0.2) is 80.1 Å². The van der Waals surface area contributed by atoms with Crippen LogP contribution in [0.4, 0.5) is 0 Å². The third kappa shape index (κ3) is 7.66. The molecule has 0 aliphatic carbocycles. The zero-order valence-corrected chi connectivity index (χ0v) is 16.7. The zero-order chi connectivity index (χ0) is 16.8. The van der Waals surface area contributed by atoms with Crippen molar-refractivity contribution in [3.63, 3.8) is 0 Å². The van der Waals surface area contributed by atoms with Crippen molar-refractivity contribution in [1.82, 2.24) is 15.1 Å². The van der Waals surface area contributed by atoms with Gasteiger partial charge in [0.25, 0.3) is 0 Å². The molecule has 0 aromatic carbocycles. The Morgan fingerprint density at radius 3 is 2.36 bits per heavy atom. The lowest BCUT2D eigenvalue weighted by molar-refractivity contribution is -0.134. The van der Waals surface area contributed by atoms with Crippen molar-refractivity contribution < 1.29 is 14.3 Å². The maximum Gasteiger partial charge on any atom is 0.242 e. The summed E-state index contributed by atoms with van der Waals surface area (Å²) in [6.07, 6.45) is 1.14. The number of hydrogen-bond donors (Lipinski definition) is 2. The molecule has 148 valence electrons. The third-order valence-corrected chi connectivity index (χ3v) is 4.70. The quantitative estimate of drug-likeness (QED) is 0.662. The lowest BCUT2D eigenvalue weighted by Gasteiger charge is -2.35. The molecule has 9 heteroatoms. The molecule has 2 rings (SSSR count). The van der Waals surface area contributed by atoms with E-state index in [0.29, 0.717) is 5.92 Å². The first-order valence-electron chi connectivity index (χ1n) is 8.58. The number of nitrogens with one attached hydrogen (secondary N) is 1. The summed E-state index contributed by atoms with van der Waals surface area (Å²) in [4.78, 5) is 28.2. The number of rotatable bonds is 6. The minimum absolute atomic E-state index is 0. The van der Waals surface area contributed by atoms with Crippen molar-refractivity contribution in [2.45, 2.75) is 26.3 Å². The fourth-order valence-electron chi connectivity index (χ4n) is 2.97. The molecule has 0 radical (unpaired) electrons. The van der Waals surface area contributed by atoms with Crippen LogP contribution in [0.3, 0.4) is 0 Å². The highest BCUT2D eigenvalue weighted by atomic mass is 35.5. The molecule has 0 bridgehead atoms. The van der Waals surface area contributed by atoms with Gasteiger partial charge in [-0.15, -0.1) is 24.8 Å². The van der Waals surface area contributed by atoms with E-state index in [1.807, 2.05) is 18.7 Å². The van der Waals surface area contributed by atoms with Crippen LogP contribution in [0.2, 0.25) is 0 Å². The molecule has 2 saturated heterocycles. The zero-order valence-electron chi connectivity index (χ0n) is 15.1. The number of carbonyl (C=O) groups excluding carboxylic acids is 2. The van der Waals surface area contributed by atoms with E-state index >= 15 is 0 Å². The van der Waals surface area contributed by atoms with Gasteiger partial charge in [-0.3, -0.25) is 14.5 Å². The lowest BCUT2D eigenvalue weighted by Crippen LogP contribution is -2.53. The summed E-state index contributed by atoms with van der Waals surface area (Å²) in [5.41, 5.74) is 5.77. The summed E-state index contributed by atoms with van der Waals surface area (Å²) < 4.78 is 5.41. The van der Waals surface area contributed by atoms with Gasteiger partial charge in [0.15, 0.2) is 0 Å². The maximum atomic E-state index is 12.2. The van der Waals surface area contributed by atoms with Gasteiger partial charge in [-0.25, -0.2) is 0 Å². The van der Waals surface area contributed by atoms with Crippen molar-refractivity contribution in [3.8, 4) is 0 Å². The number of ether oxygens (including phenoxy) is 1. The fourth-order valence-corrected chi connectivity index (χ4v) is 2.97. The van der Waals surface area contributed by atoms with E-state index < -0.39 is 6.04 Å². The molecular formula is C16H32Cl2N4O3. The number of nitrogens with zero attached hydrogens (tertiary/aromatic N) is 2. The average molecular weight is 399 g/mol. The summed E-state index contributed by atoms with van der Waals surface area (Å²) in [6.45, 7) is 9.84. The topological polar surface area (TPSA) is 87.9 Å². The summed E-state index contributed by atoms with van der Waals surface area (Å²) >= 11 is 0. The normalized spacial score (nSPS) is 22.1. The molecule has 3 N–H and O–H groups in total. The first kappa shape index (κ1) is 24.4. The predicted octanol–water partition coefficient (Wildman–Crippen LogP) is 0.110. The van der Waals surface area contributed by atoms with Gasteiger partial charge in [-0.1, -0.05) is 13.8 Å². The average Bonchev–Trinajstić information content (AvgIpc) is 3.05. The van der Waals surface area contributed by atoms with Gasteiger partial charge in [0.05, 0.1) is 19.2 Å². The van der Waals surface area contributed by atoms with E-state index in [9.17, 15) is 9.59 Å². The van der Waals surface area contributed by atoms with Crippen molar-refractivity contribution >= 4 is 36.6 Å². The minimum atomic E-state index is -0.562. The van der Waals surface area contributed by atoms with E-state index in [4.69, 9.17) is 10.5 Å². The van der Waals surface area contributed by atoms with E-state index in [1.54, 1.807) is 0 Å². The van der Waals surface area contributed by atoms with Crippen LogP contribution >= 0.6 is 24.8 Å². The van der Waals surface area contributed by atoms with E-state index in [1.165, 1.54) is 0 Å². The molecule has 2 amide bonds. The Balaban J connectivity index is 0.00000288. The van der Waals surface area contributed by atoms with Gasteiger partial charge in [-0.05, 0) is 18.3 Å². The van der Waals surface area contributed by atoms with Gasteiger partial charge in [0, 0.05) is 39.3 Å². The van der Waals surface area contributed by atoms with Crippen molar-refractivity contribution in [2.24, 2.45) is 17.6 Å². The SMILES string of the molecule is CC(C)[C@H](N)C(=O)NCC(=O)N1CCN(CC2CCOC2)CC1.Cl.Cl. The molecule has 2 aliphatic rings. The van der Waals surface area contributed by atoms with E-state index in [-0.39, 0.29) is 49.1 Å². The number of carbonyl (C=O) groups is 2. The van der Waals surface area contributed by atoms with Gasteiger partial charge >= 0.3 is 0 Å². The molecule has 2 aliphatic heterocycles. The van der Waals surface area contributed by atoms with E-state index in [2.05, 4.69) is 10.2 Å². The lowest BCUT2D eigenvalue weighted by atomic mass is 10.1. The first-order valence-corrected chi connectivity index (χ1v) is 8.58. The van der Waals surface area contributed by atoms with Crippen LogP contribution in [0, 0.1) is 11.8 Å². The molecule has 25 heavy (non-hydrogen) atoms. The molecule has 2 atom stereocenters. The second-order valence-electron chi connectivity index (χ2n) is 6.90. The Morgan fingerprint density at radius 2 is 1.84 bits per heavy atom. The number of nitrogens with two attached hydrogens (primary N) is 1. The monoisotopic (exact) mass is 398 g/mol. The summed E-state index contributed by atoms with van der Waals surface area (Å²) in [5, 5.41) is 2.65. The molecule has 7 nitrogen and oxygen atoms in total. The van der Waals surface area contributed by atoms with Crippen LogP contribution < -0.4 is 11.1 Å². The van der Waals surface area contributed by atoms with Crippen molar-refractivity contribution in [3.05, 3.63) is 0 Å². The van der Waals surface area contributed by atoms with Crippen molar-refractivity contribution in [1.29, 1.82) is 0 Å². The van der Waals surface area contributed by atoms with E-state index in [0.717, 1.165) is 52.4 Å². The van der Waals surface area contributed by atoms with Crippen molar-refractivity contribution in [2.75, 3.05) is 52.5 Å². The predicted molar refractivity (Wildman–Crippen MR) is 102 cm³/mol. The number of amides is 2. The molecule has 0 spiro atoms. The van der Waals surface area contributed by atoms with Gasteiger partial charge in [0.1, 0.15) is 0 Å². The summed E-state index contributed by atoms with van der Waals surface area (Å²) in [6, 6.07) is -0.562. The number of halogens is 2. The molecular weight excluding hydrogens is 367 g/mol. The van der Waals surface area contributed by atoms with Gasteiger partial charge in [0.2, 0.25) is 11.8 Å². The number of hydrogen-bond acceptors (Lipinski definition) is 5. The molecule has 0 aromatic heterocycles. The van der Waals surface area contributed by atoms with Crippen LogP contribution in [0.1, 0.15) is 20.3 Å². The summed E-state index contributed by atoms with van der Waals surface area (Å²) in [7, 11) is 0. The Labute approximate surface area is 162 Å². The van der Waals surface area contributed by atoms with Crippen LogP contribution in [0.25, 0.3) is 0 Å². The Kier molecular flexibility index (Phi) is 11.6. The van der Waals surface area contributed by atoms with Crippen LogP contribution in [0.5, 0.6) is 0 Å². The van der Waals surface area contributed by atoms with Crippen LogP contribution in [0.15, 0.2) is 0 Å². The minimum Gasteiger partial charge on any atom is -0.381 e. The fraction of sp³-hybridized carbons (Fsp3) is 0.875. The Hall–Kier alpha value is -0.600. The first-order chi connectivity index (χ1) is 11.0. The molecule has 0 aromatic rings. The molecule has 2 fully saturated rings. The standard InChI is InChI=1S/C16H30N4O3.2ClH/c1-12(2)15(17)16(22)18-9-14(21)20-6-4-19(5-7-20)10-13-3-8-23-11-13;;/h12-13,15H,3-11,17H2,1-2H3,(H,18,22);2*1H/t13?,15-;;/m0../s1. The Morgan fingerprint density at radius 1 is 1.20 bits per heavy atom. The molecule has 2 heterocycles. The second kappa shape index (κ2) is 11.9. The maximum absolute atomic E-state index is 12.2. The smallest absolute Gasteiger partial charge is 0.242 e. The van der Waals surface area contributed by atoms with Gasteiger partial charge in [-0.2, -0.15) is 0 Å². The largest absolute Gasteiger partial charge is 0.381 e. The van der Waals surface area contributed by atoms with Gasteiger partial charge < -0.3 is 20.7 Å². The third-order valence-electron chi connectivity index (χ3n) is 4.70. The summed E-state index contributed by atoms with van der Waals surface area (Å²) in [5.74, 6) is 0.411. The molecule has 0 saturated carbocycles. The molecule has 1 unspecified atom stereocenters. The number of piperazine rings is 1. The second-order valence-corrected chi connectivity index (χ2v) is 6.90. The highest BCUT2D eigenvalue weighted by molar-refractivity contribution is 5.87.